The summed E-state index contributed by atoms with van der Waals surface area (Å²) in [5.41, 5.74) is 1.13. The number of nitrogens with zero attached hydrogens (tertiary/aromatic N) is 3. The zero-order valence-electron chi connectivity index (χ0n) is 18.1. The SMILES string of the molecule is COc1ccc(C(=O)N(CC(=O)Nc2nc(CC(=O)N3CCCC3)cs2)C(C)C)cc1. The van der Waals surface area contributed by atoms with Gasteiger partial charge in [0.25, 0.3) is 5.91 Å². The van der Waals surface area contributed by atoms with Crippen molar-refractivity contribution in [1.82, 2.24) is 14.8 Å². The summed E-state index contributed by atoms with van der Waals surface area (Å²) in [7, 11) is 1.56. The van der Waals surface area contributed by atoms with Gasteiger partial charge in [-0.2, -0.15) is 0 Å². The Kier molecular flexibility index (Phi) is 7.62. The van der Waals surface area contributed by atoms with E-state index < -0.39 is 0 Å². The molecule has 0 atom stereocenters. The number of hydrogen-bond acceptors (Lipinski definition) is 6. The van der Waals surface area contributed by atoms with E-state index in [1.165, 1.54) is 16.2 Å². The van der Waals surface area contributed by atoms with Crippen LogP contribution in [0.25, 0.3) is 0 Å². The summed E-state index contributed by atoms with van der Waals surface area (Å²) in [6, 6.07) is 6.63. The second kappa shape index (κ2) is 10.4. The van der Waals surface area contributed by atoms with E-state index in [1.807, 2.05) is 18.7 Å². The first kappa shape index (κ1) is 22.7. The molecule has 3 amide bonds. The fourth-order valence-electron chi connectivity index (χ4n) is 3.38. The van der Waals surface area contributed by atoms with Gasteiger partial charge in [0.15, 0.2) is 5.13 Å². The Morgan fingerprint density at radius 2 is 1.87 bits per heavy atom. The van der Waals surface area contributed by atoms with Gasteiger partial charge in [0, 0.05) is 30.1 Å². The Morgan fingerprint density at radius 1 is 1.19 bits per heavy atom. The molecule has 9 heteroatoms. The van der Waals surface area contributed by atoms with Crippen LogP contribution < -0.4 is 10.1 Å². The molecule has 1 N–H and O–H groups in total. The van der Waals surface area contributed by atoms with Crippen molar-refractivity contribution in [2.24, 2.45) is 0 Å². The highest BCUT2D eigenvalue weighted by atomic mass is 32.1. The van der Waals surface area contributed by atoms with Crippen molar-refractivity contribution in [2.75, 3.05) is 32.1 Å². The molecule has 8 nitrogen and oxygen atoms in total. The minimum atomic E-state index is -0.331. The first-order valence-corrected chi connectivity index (χ1v) is 11.2. The number of benzene rings is 1. The van der Waals surface area contributed by atoms with Gasteiger partial charge >= 0.3 is 0 Å². The quantitative estimate of drug-likeness (QED) is 0.676. The van der Waals surface area contributed by atoms with E-state index in [1.54, 1.807) is 36.8 Å². The molecule has 0 saturated carbocycles. The van der Waals surface area contributed by atoms with Crippen LogP contribution in [0.5, 0.6) is 5.75 Å². The molecule has 1 aromatic carbocycles. The van der Waals surface area contributed by atoms with E-state index in [0.717, 1.165) is 25.9 Å². The van der Waals surface area contributed by atoms with Gasteiger partial charge in [-0.15, -0.1) is 11.3 Å². The van der Waals surface area contributed by atoms with Crippen LogP contribution in [0.3, 0.4) is 0 Å². The van der Waals surface area contributed by atoms with Gasteiger partial charge in [0.05, 0.1) is 19.2 Å². The van der Waals surface area contributed by atoms with Crippen LogP contribution in [0.1, 0.15) is 42.7 Å². The fraction of sp³-hybridized carbons (Fsp3) is 0.455. The Labute approximate surface area is 186 Å². The normalized spacial score (nSPS) is 13.4. The minimum absolute atomic E-state index is 0.0664. The van der Waals surface area contributed by atoms with Crippen LogP contribution in [0.4, 0.5) is 5.13 Å². The fourth-order valence-corrected chi connectivity index (χ4v) is 4.11. The number of amides is 3. The smallest absolute Gasteiger partial charge is 0.254 e. The molecule has 2 heterocycles. The number of hydrogen-bond donors (Lipinski definition) is 1. The van der Waals surface area contributed by atoms with Gasteiger partial charge in [-0.25, -0.2) is 4.98 Å². The number of thiazole rings is 1. The Hall–Kier alpha value is -2.94. The molecule has 0 radical (unpaired) electrons. The maximum atomic E-state index is 12.9. The van der Waals surface area contributed by atoms with Gasteiger partial charge in [0.2, 0.25) is 11.8 Å². The van der Waals surface area contributed by atoms with Gasteiger partial charge in [-0.1, -0.05) is 0 Å². The molecule has 2 aromatic rings. The number of carbonyl (C=O) groups is 3. The van der Waals surface area contributed by atoms with Gasteiger partial charge < -0.3 is 19.9 Å². The number of anilines is 1. The van der Waals surface area contributed by atoms with E-state index in [4.69, 9.17) is 4.74 Å². The van der Waals surface area contributed by atoms with Crippen molar-refractivity contribution in [3.63, 3.8) is 0 Å². The molecule has 166 valence electrons. The predicted molar refractivity (Wildman–Crippen MR) is 119 cm³/mol. The van der Waals surface area contributed by atoms with Crippen LogP contribution >= 0.6 is 11.3 Å². The summed E-state index contributed by atoms with van der Waals surface area (Å²) in [6.45, 7) is 5.24. The van der Waals surface area contributed by atoms with Crippen LogP contribution in [0.15, 0.2) is 29.6 Å². The third kappa shape index (κ3) is 6.04. The monoisotopic (exact) mass is 444 g/mol. The number of methoxy groups -OCH3 is 1. The average Bonchev–Trinajstić information content (AvgIpc) is 3.44. The lowest BCUT2D eigenvalue weighted by Gasteiger charge is -2.26. The number of likely N-dealkylation sites (tertiary alicyclic amines) is 1. The first-order valence-electron chi connectivity index (χ1n) is 10.3. The zero-order valence-corrected chi connectivity index (χ0v) is 18.9. The average molecular weight is 445 g/mol. The molecule has 31 heavy (non-hydrogen) atoms. The highest BCUT2D eigenvalue weighted by molar-refractivity contribution is 7.13. The minimum Gasteiger partial charge on any atom is -0.497 e. The second-order valence-corrected chi connectivity index (χ2v) is 8.57. The number of carbonyl (C=O) groups excluding carboxylic acids is 3. The van der Waals surface area contributed by atoms with Crippen molar-refractivity contribution in [1.29, 1.82) is 0 Å². The van der Waals surface area contributed by atoms with Crippen LogP contribution in [0.2, 0.25) is 0 Å². The van der Waals surface area contributed by atoms with E-state index in [2.05, 4.69) is 10.3 Å². The third-order valence-corrected chi connectivity index (χ3v) is 5.93. The molecule has 1 aromatic heterocycles. The van der Waals surface area contributed by atoms with Crippen LogP contribution in [-0.2, 0) is 16.0 Å². The lowest BCUT2D eigenvalue weighted by molar-refractivity contribution is -0.129. The number of aromatic nitrogens is 1. The van der Waals surface area contributed by atoms with Gasteiger partial charge in [0.1, 0.15) is 12.3 Å². The standard InChI is InChI=1S/C22H28N4O4S/c1-15(2)26(21(29)16-6-8-18(30-3)9-7-16)13-19(27)24-22-23-17(14-31-22)12-20(28)25-10-4-5-11-25/h6-9,14-15H,4-5,10-13H2,1-3H3,(H,23,24,27). The van der Waals surface area contributed by atoms with Crippen molar-refractivity contribution in [2.45, 2.75) is 39.2 Å². The lowest BCUT2D eigenvalue weighted by Crippen LogP contribution is -2.42. The maximum absolute atomic E-state index is 12.9. The Balaban J connectivity index is 1.58. The number of rotatable bonds is 8. The molecule has 0 bridgehead atoms. The van der Waals surface area contributed by atoms with Crippen molar-refractivity contribution < 1.29 is 19.1 Å². The summed E-state index contributed by atoms with van der Waals surface area (Å²) in [5.74, 6) is 0.163. The highest BCUT2D eigenvalue weighted by Crippen LogP contribution is 2.18. The molecule has 1 aliphatic rings. The molecule has 1 saturated heterocycles. The zero-order chi connectivity index (χ0) is 22.4. The van der Waals surface area contributed by atoms with E-state index >= 15 is 0 Å². The predicted octanol–water partition coefficient (Wildman–Crippen LogP) is 2.81. The van der Waals surface area contributed by atoms with Crippen LogP contribution in [0, 0.1) is 0 Å². The molecular weight excluding hydrogens is 416 g/mol. The molecule has 0 spiro atoms. The summed E-state index contributed by atoms with van der Waals surface area (Å²) < 4.78 is 5.12. The summed E-state index contributed by atoms with van der Waals surface area (Å²) in [5, 5.41) is 4.95. The summed E-state index contributed by atoms with van der Waals surface area (Å²) >= 11 is 1.28. The van der Waals surface area contributed by atoms with E-state index in [-0.39, 0.29) is 36.7 Å². The highest BCUT2D eigenvalue weighted by Gasteiger charge is 2.23. The maximum Gasteiger partial charge on any atom is 0.254 e. The number of ether oxygens (including phenoxy) is 1. The van der Waals surface area contributed by atoms with Crippen molar-refractivity contribution in [3.8, 4) is 5.75 Å². The molecule has 0 aliphatic carbocycles. The van der Waals surface area contributed by atoms with Gasteiger partial charge in [-0.05, 0) is 51.0 Å². The topological polar surface area (TPSA) is 91.8 Å². The Bertz CT molecular complexity index is 920. The third-order valence-electron chi connectivity index (χ3n) is 5.12. The lowest BCUT2D eigenvalue weighted by atomic mass is 10.1. The van der Waals surface area contributed by atoms with E-state index in [9.17, 15) is 14.4 Å². The van der Waals surface area contributed by atoms with E-state index in [0.29, 0.717) is 22.1 Å². The number of nitrogens with one attached hydrogen (secondary N) is 1. The molecule has 1 aliphatic heterocycles. The first-order chi connectivity index (χ1) is 14.9. The van der Waals surface area contributed by atoms with Crippen molar-refractivity contribution in [3.05, 3.63) is 40.9 Å². The van der Waals surface area contributed by atoms with Crippen LogP contribution in [-0.4, -0.2) is 65.3 Å². The van der Waals surface area contributed by atoms with Gasteiger partial charge in [-0.3, -0.25) is 14.4 Å². The second-order valence-electron chi connectivity index (χ2n) is 7.71. The van der Waals surface area contributed by atoms with Crippen molar-refractivity contribution >= 4 is 34.2 Å². The largest absolute Gasteiger partial charge is 0.497 e. The summed E-state index contributed by atoms with van der Waals surface area (Å²) in [4.78, 5) is 45.4. The summed E-state index contributed by atoms with van der Waals surface area (Å²) in [6.07, 6.45) is 2.33. The molecule has 0 unspecified atom stereocenters. The molecule has 3 rings (SSSR count). The molecular formula is C22H28N4O4S. The Morgan fingerprint density at radius 3 is 2.48 bits per heavy atom. The molecule has 1 fully saturated rings.